The number of aromatic nitrogens is 4. The van der Waals surface area contributed by atoms with Gasteiger partial charge in [-0.1, -0.05) is 12.0 Å². The number of ether oxygens (including phenoxy) is 2. The minimum atomic E-state index is -5.14. The van der Waals surface area contributed by atoms with Crippen LogP contribution in [0.3, 0.4) is 0 Å². The minimum absolute atomic E-state index is 0.0210. The zero-order valence-electron chi connectivity index (χ0n) is 26.3. The van der Waals surface area contributed by atoms with Crippen LogP contribution >= 0.6 is 0 Å². The molecule has 268 valence electrons. The van der Waals surface area contributed by atoms with Crippen LogP contribution in [0.1, 0.15) is 73.7 Å². The van der Waals surface area contributed by atoms with Crippen molar-refractivity contribution < 1.29 is 58.6 Å². The molecule has 0 radical (unpaired) electrons. The highest BCUT2D eigenvalue weighted by molar-refractivity contribution is 5.95. The SMILES string of the molecule is CCC1CC(N(Cc2cc(C(F)(F)F)cc(C(F)(F)F)c2)c2nnn(C)n2)c2cc(OC(F)(F)F)ccc2N1C(=O)CCCCC(=O)OC. The van der Waals surface area contributed by atoms with Crippen molar-refractivity contribution in [2.45, 2.75) is 82.8 Å². The second-order valence-electron chi connectivity index (χ2n) is 11.2. The molecule has 1 amide bonds. The fraction of sp³-hybridized carbons (Fsp3) is 0.500. The summed E-state index contributed by atoms with van der Waals surface area (Å²) in [5, 5.41) is 11.8. The van der Waals surface area contributed by atoms with Crippen molar-refractivity contribution in [3.63, 3.8) is 0 Å². The molecule has 2 unspecified atom stereocenters. The predicted octanol–water partition coefficient (Wildman–Crippen LogP) is 7.14. The maximum absolute atomic E-state index is 13.7. The molecule has 0 saturated carbocycles. The third-order valence-electron chi connectivity index (χ3n) is 7.83. The maximum Gasteiger partial charge on any atom is 0.573 e. The lowest BCUT2D eigenvalue weighted by Crippen LogP contribution is -2.47. The van der Waals surface area contributed by atoms with Crippen LogP contribution in [-0.4, -0.2) is 51.6 Å². The Kier molecular flexibility index (Phi) is 11.0. The number of anilines is 2. The highest BCUT2D eigenvalue weighted by atomic mass is 19.4. The summed E-state index contributed by atoms with van der Waals surface area (Å²) in [7, 11) is 2.58. The van der Waals surface area contributed by atoms with E-state index in [0.29, 0.717) is 25.0 Å². The van der Waals surface area contributed by atoms with Gasteiger partial charge >= 0.3 is 24.7 Å². The Labute approximate surface area is 273 Å². The summed E-state index contributed by atoms with van der Waals surface area (Å²) >= 11 is 0. The van der Waals surface area contributed by atoms with E-state index >= 15 is 0 Å². The van der Waals surface area contributed by atoms with Crippen molar-refractivity contribution in [2.75, 3.05) is 16.9 Å². The smallest absolute Gasteiger partial charge is 0.469 e. The van der Waals surface area contributed by atoms with Crippen molar-refractivity contribution in [1.82, 2.24) is 20.2 Å². The molecule has 2 aromatic carbocycles. The average molecular weight is 711 g/mol. The van der Waals surface area contributed by atoms with Gasteiger partial charge in [0.05, 0.1) is 31.3 Å². The first kappa shape index (κ1) is 37.2. The van der Waals surface area contributed by atoms with Gasteiger partial charge in [0, 0.05) is 36.7 Å². The van der Waals surface area contributed by atoms with Crippen LogP contribution in [0.15, 0.2) is 36.4 Å². The molecule has 49 heavy (non-hydrogen) atoms. The van der Waals surface area contributed by atoms with Crippen LogP contribution in [0.5, 0.6) is 5.75 Å². The molecule has 2 heterocycles. The normalized spacial score (nSPS) is 16.7. The van der Waals surface area contributed by atoms with Crippen LogP contribution in [0.4, 0.5) is 51.1 Å². The number of amides is 1. The van der Waals surface area contributed by atoms with Gasteiger partial charge < -0.3 is 19.3 Å². The van der Waals surface area contributed by atoms with E-state index in [1.165, 1.54) is 30.0 Å². The van der Waals surface area contributed by atoms with E-state index in [1.807, 2.05) is 0 Å². The first-order valence-electron chi connectivity index (χ1n) is 14.9. The number of methoxy groups -OCH3 is 1. The summed E-state index contributed by atoms with van der Waals surface area (Å²) in [6.07, 6.45) is -14.5. The molecule has 0 spiro atoms. The summed E-state index contributed by atoms with van der Waals surface area (Å²) < 4.78 is 131. The maximum atomic E-state index is 13.7. The summed E-state index contributed by atoms with van der Waals surface area (Å²) in [5.41, 5.74) is -3.39. The minimum Gasteiger partial charge on any atom is -0.469 e. The molecule has 0 bridgehead atoms. The Balaban J connectivity index is 1.84. The number of hydrogen-bond acceptors (Lipinski definition) is 8. The molecule has 3 aromatic rings. The number of esters is 1. The van der Waals surface area contributed by atoms with Crippen LogP contribution in [0.2, 0.25) is 0 Å². The van der Waals surface area contributed by atoms with Gasteiger partial charge in [-0.05, 0) is 72.9 Å². The number of fused-ring (bicyclic) bond motifs is 1. The summed E-state index contributed by atoms with van der Waals surface area (Å²) in [5.74, 6) is -1.81. The van der Waals surface area contributed by atoms with Crippen molar-refractivity contribution >= 4 is 23.5 Å². The number of tetrazole rings is 1. The predicted molar refractivity (Wildman–Crippen MR) is 154 cm³/mol. The zero-order valence-corrected chi connectivity index (χ0v) is 26.3. The Bertz CT molecular complexity index is 1610. The lowest BCUT2D eigenvalue weighted by Gasteiger charge is -2.44. The van der Waals surface area contributed by atoms with Crippen molar-refractivity contribution in [2.24, 2.45) is 7.05 Å². The van der Waals surface area contributed by atoms with Gasteiger partial charge in [-0.25, -0.2) is 0 Å². The van der Waals surface area contributed by atoms with Crippen molar-refractivity contribution in [3.8, 4) is 5.75 Å². The van der Waals surface area contributed by atoms with Gasteiger partial charge in [0.25, 0.3) is 5.95 Å². The van der Waals surface area contributed by atoms with Crippen LogP contribution in [0.25, 0.3) is 0 Å². The van der Waals surface area contributed by atoms with E-state index in [-0.39, 0.29) is 48.9 Å². The molecule has 19 heteroatoms. The molecule has 0 aliphatic carbocycles. The Hall–Kier alpha value is -4.58. The van der Waals surface area contributed by atoms with E-state index in [9.17, 15) is 49.1 Å². The number of benzene rings is 2. The number of alkyl halides is 9. The van der Waals surface area contributed by atoms with E-state index in [2.05, 4.69) is 24.9 Å². The quantitative estimate of drug-likeness (QED) is 0.118. The molecule has 0 saturated heterocycles. The fourth-order valence-corrected chi connectivity index (χ4v) is 5.67. The largest absolute Gasteiger partial charge is 0.573 e. The third-order valence-corrected chi connectivity index (χ3v) is 7.83. The lowest BCUT2D eigenvalue weighted by molar-refractivity contribution is -0.274. The molecule has 1 aliphatic heterocycles. The van der Waals surface area contributed by atoms with Gasteiger partial charge in [-0.2, -0.15) is 31.1 Å². The Morgan fingerprint density at radius 2 is 1.57 bits per heavy atom. The zero-order chi connectivity index (χ0) is 36.3. The van der Waals surface area contributed by atoms with Crippen LogP contribution < -0.4 is 14.5 Å². The monoisotopic (exact) mass is 710 g/mol. The van der Waals surface area contributed by atoms with E-state index in [4.69, 9.17) is 0 Å². The van der Waals surface area contributed by atoms with Gasteiger partial charge in [0.2, 0.25) is 5.91 Å². The molecule has 4 rings (SSSR count). The summed E-state index contributed by atoms with van der Waals surface area (Å²) in [4.78, 5) is 28.7. The number of nitrogens with zero attached hydrogens (tertiary/aromatic N) is 6. The highest BCUT2D eigenvalue weighted by Gasteiger charge is 2.41. The molecular formula is C30H31F9N6O4. The standard InChI is InChI=1S/C30H31F9N6O4/c1-4-20-14-24(22-15-21(49-30(37,38)39)9-10-23(22)45(20)25(46)7-5-6-8-26(47)48-3)44(27-40-42-43(2)41-27)16-17-11-18(28(31,32)33)13-19(12-17)29(34,35)36/h9-13,15,20,24H,4-8,14,16H2,1-3H3. The van der Waals surface area contributed by atoms with Crippen LogP contribution in [0, 0.1) is 0 Å². The fourth-order valence-electron chi connectivity index (χ4n) is 5.67. The van der Waals surface area contributed by atoms with E-state index < -0.39 is 71.7 Å². The molecule has 0 N–H and O–H groups in total. The molecule has 1 aliphatic rings. The number of rotatable bonds is 11. The molecule has 1 aromatic heterocycles. The summed E-state index contributed by atoms with van der Waals surface area (Å²) in [6.45, 7) is 1.07. The van der Waals surface area contributed by atoms with Gasteiger partial charge in [0.1, 0.15) is 5.75 Å². The number of unbranched alkanes of at least 4 members (excludes halogenated alkanes) is 1. The number of hydrogen-bond donors (Lipinski definition) is 0. The number of halogens is 9. The molecular weight excluding hydrogens is 679 g/mol. The van der Waals surface area contributed by atoms with Crippen LogP contribution in [-0.2, 0) is 40.3 Å². The van der Waals surface area contributed by atoms with Crippen molar-refractivity contribution in [1.29, 1.82) is 0 Å². The average Bonchev–Trinajstić information content (AvgIpc) is 3.44. The topological polar surface area (TPSA) is 103 Å². The Morgan fingerprint density at radius 1 is 0.939 bits per heavy atom. The van der Waals surface area contributed by atoms with E-state index in [1.54, 1.807) is 6.92 Å². The first-order chi connectivity index (χ1) is 22.8. The molecule has 10 nitrogen and oxygen atoms in total. The van der Waals surface area contributed by atoms with E-state index in [0.717, 1.165) is 16.9 Å². The second-order valence-corrected chi connectivity index (χ2v) is 11.2. The van der Waals surface area contributed by atoms with Gasteiger partial charge in [-0.3, -0.25) is 9.59 Å². The second kappa shape index (κ2) is 14.5. The lowest BCUT2D eigenvalue weighted by atomic mass is 9.87. The Morgan fingerprint density at radius 3 is 2.10 bits per heavy atom. The van der Waals surface area contributed by atoms with Crippen molar-refractivity contribution in [3.05, 3.63) is 58.7 Å². The van der Waals surface area contributed by atoms with Gasteiger partial charge in [0.15, 0.2) is 0 Å². The highest BCUT2D eigenvalue weighted by Crippen LogP contribution is 2.46. The number of aryl methyl sites for hydroxylation is 1. The van der Waals surface area contributed by atoms with Gasteiger partial charge in [-0.15, -0.1) is 18.3 Å². The first-order valence-corrected chi connectivity index (χ1v) is 14.9. The molecule has 2 atom stereocenters. The number of carbonyl (C=O) groups excluding carboxylic acids is 2. The number of carbonyl (C=O) groups is 2. The molecule has 0 fully saturated rings. The third kappa shape index (κ3) is 9.32. The summed E-state index contributed by atoms with van der Waals surface area (Å²) in [6, 6.07) is 2.55.